The van der Waals surface area contributed by atoms with Crippen LogP contribution < -0.4 is 5.32 Å². The van der Waals surface area contributed by atoms with Crippen LogP contribution in [0.3, 0.4) is 0 Å². The fourth-order valence-corrected chi connectivity index (χ4v) is 1.02. The molecule has 0 spiro atoms. The van der Waals surface area contributed by atoms with Crippen LogP contribution in [0.2, 0.25) is 0 Å². The highest BCUT2D eigenvalue weighted by Crippen LogP contribution is 2.06. The van der Waals surface area contributed by atoms with Gasteiger partial charge in [0.05, 0.1) is 12.1 Å². The molecule has 4 nitrogen and oxygen atoms in total. The minimum atomic E-state index is -0.0639. The van der Waals surface area contributed by atoms with Gasteiger partial charge in [-0.15, -0.1) is 6.42 Å². The maximum Gasteiger partial charge on any atom is 0.254 e. The van der Waals surface area contributed by atoms with Gasteiger partial charge in [-0.3, -0.25) is 4.79 Å². The van der Waals surface area contributed by atoms with Gasteiger partial charge >= 0.3 is 0 Å². The SMILES string of the molecule is C#CCNc1ccc(C(=O)N(C)C)cn1. The Balaban J connectivity index is 2.73. The highest BCUT2D eigenvalue weighted by atomic mass is 16.2. The van der Waals surface area contributed by atoms with Gasteiger partial charge in [-0.1, -0.05) is 5.92 Å². The van der Waals surface area contributed by atoms with E-state index in [1.54, 1.807) is 26.2 Å². The average Bonchev–Trinajstić information content (AvgIpc) is 2.26. The number of anilines is 1. The summed E-state index contributed by atoms with van der Waals surface area (Å²) in [5.74, 6) is 3.05. The summed E-state index contributed by atoms with van der Waals surface area (Å²) in [6.07, 6.45) is 6.62. The summed E-state index contributed by atoms with van der Waals surface area (Å²) < 4.78 is 0. The van der Waals surface area contributed by atoms with Crippen LogP contribution in [0, 0.1) is 12.3 Å². The van der Waals surface area contributed by atoms with Crippen molar-refractivity contribution in [3.63, 3.8) is 0 Å². The van der Waals surface area contributed by atoms with Crippen LogP contribution in [0.5, 0.6) is 0 Å². The van der Waals surface area contributed by atoms with Crippen molar-refractivity contribution < 1.29 is 4.79 Å². The Morgan fingerprint density at radius 3 is 2.80 bits per heavy atom. The lowest BCUT2D eigenvalue weighted by Gasteiger charge is -2.10. The van der Waals surface area contributed by atoms with Crippen LogP contribution in [-0.2, 0) is 0 Å². The third-order valence-corrected chi connectivity index (χ3v) is 1.79. The average molecular weight is 203 g/mol. The molecule has 0 unspecified atom stereocenters. The summed E-state index contributed by atoms with van der Waals surface area (Å²) in [7, 11) is 3.40. The van der Waals surface area contributed by atoms with Gasteiger partial charge in [0, 0.05) is 20.3 Å². The maximum absolute atomic E-state index is 11.5. The summed E-state index contributed by atoms with van der Waals surface area (Å²) >= 11 is 0. The minimum Gasteiger partial charge on any atom is -0.359 e. The molecule has 0 atom stereocenters. The van der Waals surface area contributed by atoms with Gasteiger partial charge in [-0.05, 0) is 12.1 Å². The number of aromatic nitrogens is 1. The van der Waals surface area contributed by atoms with Gasteiger partial charge in [0.2, 0.25) is 0 Å². The Hall–Kier alpha value is -2.02. The van der Waals surface area contributed by atoms with E-state index in [9.17, 15) is 4.79 Å². The van der Waals surface area contributed by atoms with Crippen molar-refractivity contribution in [3.8, 4) is 12.3 Å². The normalized spacial score (nSPS) is 9.13. The molecule has 0 aliphatic carbocycles. The molecule has 1 rings (SSSR count). The number of rotatable bonds is 3. The summed E-state index contributed by atoms with van der Waals surface area (Å²) in [6.45, 7) is 0.425. The third kappa shape index (κ3) is 2.99. The largest absolute Gasteiger partial charge is 0.359 e. The molecule has 4 heteroatoms. The second-order valence-electron chi connectivity index (χ2n) is 3.19. The third-order valence-electron chi connectivity index (χ3n) is 1.79. The molecule has 1 aromatic heterocycles. The van der Waals surface area contributed by atoms with Crippen LogP contribution in [0.1, 0.15) is 10.4 Å². The van der Waals surface area contributed by atoms with Crippen LogP contribution in [0.25, 0.3) is 0 Å². The highest BCUT2D eigenvalue weighted by molar-refractivity contribution is 5.93. The van der Waals surface area contributed by atoms with Crippen LogP contribution in [-0.4, -0.2) is 36.4 Å². The lowest BCUT2D eigenvalue weighted by molar-refractivity contribution is 0.0827. The molecule has 0 bridgehead atoms. The minimum absolute atomic E-state index is 0.0639. The van der Waals surface area contributed by atoms with E-state index in [4.69, 9.17) is 6.42 Å². The Kier molecular flexibility index (Phi) is 3.69. The van der Waals surface area contributed by atoms with Crippen molar-refractivity contribution in [1.29, 1.82) is 0 Å². The van der Waals surface area contributed by atoms with Gasteiger partial charge in [-0.25, -0.2) is 4.98 Å². The lowest BCUT2D eigenvalue weighted by atomic mass is 10.2. The first kappa shape index (κ1) is 11.1. The molecule has 78 valence electrons. The fourth-order valence-electron chi connectivity index (χ4n) is 1.02. The quantitative estimate of drug-likeness (QED) is 0.740. The molecule has 0 aromatic carbocycles. The Labute approximate surface area is 89.3 Å². The molecule has 1 amide bonds. The molecule has 15 heavy (non-hydrogen) atoms. The molecule has 0 saturated carbocycles. The number of pyridine rings is 1. The molecular formula is C11H13N3O. The van der Waals surface area contributed by atoms with Gasteiger partial charge < -0.3 is 10.2 Å². The van der Waals surface area contributed by atoms with Crippen molar-refractivity contribution in [2.75, 3.05) is 26.0 Å². The molecule has 0 fully saturated rings. The van der Waals surface area contributed by atoms with Crippen molar-refractivity contribution in [1.82, 2.24) is 9.88 Å². The number of nitrogens with zero attached hydrogens (tertiary/aromatic N) is 2. The zero-order valence-corrected chi connectivity index (χ0v) is 8.82. The van der Waals surface area contributed by atoms with Gasteiger partial charge in [0.25, 0.3) is 5.91 Å². The summed E-state index contributed by atoms with van der Waals surface area (Å²) in [4.78, 5) is 17.1. The van der Waals surface area contributed by atoms with E-state index in [1.165, 1.54) is 11.1 Å². The second-order valence-corrected chi connectivity index (χ2v) is 3.19. The zero-order chi connectivity index (χ0) is 11.3. The number of carbonyl (C=O) groups is 1. The Bertz CT molecular complexity index is 376. The lowest BCUT2D eigenvalue weighted by Crippen LogP contribution is -2.21. The highest BCUT2D eigenvalue weighted by Gasteiger charge is 2.07. The number of amides is 1. The van der Waals surface area contributed by atoms with E-state index in [1.807, 2.05) is 0 Å². The van der Waals surface area contributed by atoms with Crippen LogP contribution >= 0.6 is 0 Å². The van der Waals surface area contributed by atoms with Crippen molar-refractivity contribution in [3.05, 3.63) is 23.9 Å². The number of terminal acetylenes is 1. The van der Waals surface area contributed by atoms with E-state index in [-0.39, 0.29) is 5.91 Å². The van der Waals surface area contributed by atoms with Gasteiger partial charge in [0.15, 0.2) is 0 Å². The van der Waals surface area contributed by atoms with E-state index < -0.39 is 0 Å². The monoisotopic (exact) mass is 203 g/mol. The first-order valence-electron chi connectivity index (χ1n) is 4.50. The Morgan fingerprint density at radius 1 is 1.60 bits per heavy atom. The number of hydrogen-bond acceptors (Lipinski definition) is 3. The molecule has 1 heterocycles. The van der Waals surface area contributed by atoms with E-state index in [2.05, 4.69) is 16.2 Å². The molecule has 0 aliphatic heterocycles. The summed E-state index contributed by atoms with van der Waals surface area (Å²) in [5.41, 5.74) is 0.561. The molecular weight excluding hydrogens is 190 g/mol. The maximum atomic E-state index is 11.5. The van der Waals surface area contributed by atoms with E-state index >= 15 is 0 Å². The zero-order valence-electron chi connectivity index (χ0n) is 8.82. The van der Waals surface area contributed by atoms with Crippen LogP contribution in [0.15, 0.2) is 18.3 Å². The second kappa shape index (κ2) is 5.01. The number of nitrogens with one attached hydrogen (secondary N) is 1. The molecule has 1 N–H and O–H groups in total. The molecule has 0 aliphatic rings. The smallest absolute Gasteiger partial charge is 0.254 e. The van der Waals surface area contributed by atoms with E-state index in [0.29, 0.717) is 17.9 Å². The number of hydrogen-bond donors (Lipinski definition) is 1. The van der Waals surface area contributed by atoms with Gasteiger partial charge in [0.1, 0.15) is 5.82 Å². The number of carbonyl (C=O) groups excluding carboxylic acids is 1. The first-order valence-corrected chi connectivity index (χ1v) is 4.50. The van der Waals surface area contributed by atoms with Crippen molar-refractivity contribution in [2.45, 2.75) is 0 Å². The predicted molar refractivity (Wildman–Crippen MR) is 59.6 cm³/mol. The summed E-state index contributed by atoms with van der Waals surface area (Å²) in [5, 5.41) is 2.92. The first-order chi connectivity index (χ1) is 7.15. The summed E-state index contributed by atoms with van der Waals surface area (Å²) in [6, 6.07) is 3.45. The van der Waals surface area contributed by atoms with Gasteiger partial charge in [-0.2, -0.15) is 0 Å². The fraction of sp³-hybridized carbons (Fsp3) is 0.273. The van der Waals surface area contributed by atoms with Crippen LogP contribution in [0.4, 0.5) is 5.82 Å². The van der Waals surface area contributed by atoms with E-state index in [0.717, 1.165) is 0 Å². The molecule has 0 saturated heterocycles. The standard InChI is InChI=1S/C11H13N3O/c1-4-7-12-10-6-5-9(8-13-10)11(15)14(2)3/h1,5-6,8H,7H2,2-3H3,(H,12,13). The van der Waals surface area contributed by atoms with Crippen molar-refractivity contribution >= 4 is 11.7 Å². The molecule has 1 aromatic rings. The Morgan fingerprint density at radius 2 is 2.33 bits per heavy atom. The molecule has 0 radical (unpaired) electrons. The van der Waals surface area contributed by atoms with Crippen molar-refractivity contribution in [2.24, 2.45) is 0 Å². The topological polar surface area (TPSA) is 45.2 Å². The predicted octanol–water partition coefficient (Wildman–Crippen LogP) is 0.828.